The first-order valence-electron chi connectivity index (χ1n) is 7.25. The summed E-state index contributed by atoms with van der Waals surface area (Å²) in [5.74, 6) is -1.98. The third-order valence-electron chi connectivity index (χ3n) is 3.47. The molecule has 0 aliphatic carbocycles. The van der Waals surface area contributed by atoms with Crippen molar-refractivity contribution in [3.8, 4) is 0 Å². The Morgan fingerprint density at radius 2 is 2.08 bits per heavy atom. The van der Waals surface area contributed by atoms with Gasteiger partial charge in [-0.2, -0.15) is 0 Å². The van der Waals surface area contributed by atoms with E-state index in [-0.39, 0.29) is 24.8 Å². The number of hydrogen-bond donors (Lipinski definition) is 3. The SMILES string of the molecule is C[C@@H](CCCOP(=O)(O)O)N(C)C(=O)NCc1cccc(F)c1F. The zero-order chi connectivity index (χ0) is 18.3. The number of urea groups is 1. The summed E-state index contributed by atoms with van der Waals surface area (Å²) in [6.07, 6.45) is 0.806. The molecule has 7 nitrogen and oxygen atoms in total. The molecule has 0 bridgehead atoms. The molecule has 2 amide bonds. The van der Waals surface area contributed by atoms with Crippen molar-refractivity contribution in [1.29, 1.82) is 0 Å². The van der Waals surface area contributed by atoms with E-state index in [4.69, 9.17) is 9.79 Å². The Morgan fingerprint density at radius 3 is 2.71 bits per heavy atom. The number of carbonyl (C=O) groups is 1. The second-order valence-corrected chi connectivity index (χ2v) is 6.54. The summed E-state index contributed by atoms with van der Waals surface area (Å²) in [5, 5.41) is 2.49. The maximum Gasteiger partial charge on any atom is 0.469 e. The Labute approximate surface area is 138 Å². The summed E-state index contributed by atoms with van der Waals surface area (Å²) in [7, 11) is -2.95. The van der Waals surface area contributed by atoms with E-state index in [9.17, 15) is 18.1 Å². The van der Waals surface area contributed by atoms with E-state index in [1.165, 1.54) is 24.1 Å². The van der Waals surface area contributed by atoms with Crippen LogP contribution in [-0.4, -0.2) is 40.4 Å². The normalized spacial score (nSPS) is 12.8. The predicted molar refractivity (Wildman–Crippen MR) is 83.0 cm³/mol. The van der Waals surface area contributed by atoms with Crippen LogP contribution in [0, 0.1) is 11.6 Å². The molecule has 0 saturated carbocycles. The van der Waals surface area contributed by atoms with E-state index in [1.807, 2.05) is 0 Å². The third kappa shape index (κ3) is 6.92. The zero-order valence-electron chi connectivity index (χ0n) is 13.4. The van der Waals surface area contributed by atoms with Crippen molar-refractivity contribution in [3.63, 3.8) is 0 Å². The van der Waals surface area contributed by atoms with E-state index < -0.39 is 25.5 Å². The Balaban J connectivity index is 2.40. The minimum atomic E-state index is -4.48. The first-order chi connectivity index (χ1) is 11.1. The van der Waals surface area contributed by atoms with E-state index in [0.717, 1.165) is 6.07 Å². The van der Waals surface area contributed by atoms with Gasteiger partial charge in [0.1, 0.15) is 0 Å². The fourth-order valence-corrected chi connectivity index (χ4v) is 2.30. The minimum absolute atomic E-state index is 0.0412. The van der Waals surface area contributed by atoms with E-state index in [0.29, 0.717) is 12.8 Å². The molecule has 0 fully saturated rings. The van der Waals surface area contributed by atoms with Crippen LogP contribution in [-0.2, 0) is 15.6 Å². The first kappa shape index (κ1) is 20.5. The van der Waals surface area contributed by atoms with Gasteiger partial charge in [-0.05, 0) is 25.8 Å². The van der Waals surface area contributed by atoms with Crippen molar-refractivity contribution in [2.45, 2.75) is 32.4 Å². The van der Waals surface area contributed by atoms with Crippen molar-refractivity contribution in [2.75, 3.05) is 13.7 Å². The van der Waals surface area contributed by atoms with Crippen LogP contribution >= 0.6 is 7.82 Å². The number of halogens is 2. The number of phosphoric ester groups is 1. The molecule has 10 heteroatoms. The molecule has 0 saturated heterocycles. The molecule has 0 aliphatic rings. The van der Waals surface area contributed by atoms with Gasteiger partial charge >= 0.3 is 13.9 Å². The highest BCUT2D eigenvalue weighted by molar-refractivity contribution is 7.46. The van der Waals surface area contributed by atoms with Crippen LogP contribution in [0.1, 0.15) is 25.3 Å². The topological polar surface area (TPSA) is 99.1 Å². The molecular weight excluding hydrogens is 345 g/mol. The molecule has 24 heavy (non-hydrogen) atoms. The molecule has 0 spiro atoms. The predicted octanol–water partition coefficient (Wildman–Crippen LogP) is 2.38. The molecule has 0 radical (unpaired) electrons. The van der Waals surface area contributed by atoms with Gasteiger partial charge in [-0.15, -0.1) is 0 Å². The average molecular weight is 366 g/mol. The molecule has 0 heterocycles. The van der Waals surface area contributed by atoms with Gasteiger partial charge in [0, 0.05) is 25.2 Å². The lowest BCUT2D eigenvalue weighted by Gasteiger charge is -2.25. The smallest absolute Gasteiger partial charge is 0.334 e. The standard InChI is InChI=1S/C14H21F2N2O5P/c1-10(5-4-8-23-24(20,21)22)18(2)14(19)17-9-11-6-3-7-12(15)13(11)16/h3,6-7,10H,4-5,8-9H2,1-2H3,(H,17,19)(H2,20,21,22)/t10-/m0/s1. The van der Waals surface area contributed by atoms with Gasteiger partial charge < -0.3 is 20.0 Å². The van der Waals surface area contributed by atoms with Gasteiger partial charge in [-0.25, -0.2) is 18.1 Å². The number of rotatable bonds is 8. The number of phosphoric acid groups is 1. The largest absolute Gasteiger partial charge is 0.469 e. The summed E-state index contributed by atoms with van der Waals surface area (Å²) in [6, 6.07) is 3.02. The molecular formula is C14H21F2N2O5P. The number of nitrogens with one attached hydrogen (secondary N) is 1. The lowest BCUT2D eigenvalue weighted by molar-refractivity contribution is 0.173. The van der Waals surface area contributed by atoms with Crippen LogP contribution in [0.4, 0.5) is 13.6 Å². The van der Waals surface area contributed by atoms with Crippen molar-refractivity contribution in [3.05, 3.63) is 35.4 Å². The molecule has 1 rings (SSSR count). The molecule has 136 valence electrons. The minimum Gasteiger partial charge on any atom is -0.334 e. The van der Waals surface area contributed by atoms with Crippen molar-refractivity contribution >= 4 is 13.9 Å². The molecule has 0 unspecified atom stereocenters. The monoisotopic (exact) mass is 366 g/mol. The Hall–Kier alpha value is -1.54. The molecule has 1 aromatic carbocycles. The van der Waals surface area contributed by atoms with Gasteiger partial charge in [-0.1, -0.05) is 12.1 Å². The summed E-state index contributed by atoms with van der Waals surface area (Å²) in [5.41, 5.74) is 0.0412. The van der Waals surface area contributed by atoms with Crippen LogP contribution in [0.15, 0.2) is 18.2 Å². The number of carbonyl (C=O) groups excluding carboxylic acids is 1. The quantitative estimate of drug-likeness (QED) is 0.485. The number of amides is 2. The summed E-state index contributed by atoms with van der Waals surface area (Å²) >= 11 is 0. The maximum absolute atomic E-state index is 13.5. The van der Waals surface area contributed by atoms with E-state index in [2.05, 4.69) is 9.84 Å². The highest BCUT2D eigenvalue weighted by Crippen LogP contribution is 2.35. The van der Waals surface area contributed by atoms with E-state index in [1.54, 1.807) is 6.92 Å². The van der Waals surface area contributed by atoms with Gasteiger partial charge in [0.15, 0.2) is 11.6 Å². The van der Waals surface area contributed by atoms with Gasteiger partial charge in [0.2, 0.25) is 0 Å². The summed E-state index contributed by atoms with van der Waals surface area (Å²) in [4.78, 5) is 30.5. The van der Waals surface area contributed by atoms with Gasteiger partial charge in [-0.3, -0.25) is 4.52 Å². The number of nitrogens with zero attached hydrogens (tertiary/aromatic N) is 1. The molecule has 3 N–H and O–H groups in total. The van der Waals surface area contributed by atoms with Gasteiger partial charge in [0.05, 0.1) is 6.61 Å². The lowest BCUT2D eigenvalue weighted by atomic mass is 10.1. The highest BCUT2D eigenvalue weighted by atomic mass is 31.2. The Morgan fingerprint density at radius 1 is 1.42 bits per heavy atom. The molecule has 1 atom stereocenters. The van der Waals surface area contributed by atoms with Crippen molar-refractivity contribution in [2.24, 2.45) is 0 Å². The van der Waals surface area contributed by atoms with Crippen LogP contribution < -0.4 is 5.32 Å². The number of benzene rings is 1. The average Bonchev–Trinajstić information content (AvgIpc) is 2.50. The van der Waals surface area contributed by atoms with Crippen LogP contribution in [0.5, 0.6) is 0 Å². The summed E-state index contributed by atoms with van der Waals surface area (Å²) in [6.45, 7) is 1.47. The highest BCUT2D eigenvalue weighted by Gasteiger charge is 2.18. The van der Waals surface area contributed by atoms with E-state index >= 15 is 0 Å². The van der Waals surface area contributed by atoms with Crippen molar-refractivity contribution in [1.82, 2.24) is 10.2 Å². The van der Waals surface area contributed by atoms with Crippen LogP contribution in [0.2, 0.25) is 0 Å². The second-order valence-electron chi connectivity index (χ2n) is 5.30. The lowest BCUT2D eigenvalue weighted by Crippen LogP contribution is -2.42. The fraction of sp³-hybridized carbons (Fsp3) is 0.500. The third-order valence-corrected chi connectivity index (χ3v) is 3.99. The van der Waals surface area contributed by atoms with Crippen LogP contribution in [0.3, 0.4) is 0 Å². The van der Waals surface area contributed by atoms with Gasteiger partial charge in [0.25, 0.3) is 0 Å². The molecule has 0 aliphatic heterocycles. The molecule has 0 aromatic heterocycles. The Bertz CT molecular complexity index is 611. The summed E-state index contributed by atoms with van der Waals surface area (Å²) < 4.78 is 41.4. The fourth-order valence-electron chi connectivity index (χ4n) is 1.94. The number of hydrogen-bond acceptors (Lipinski definition) is 3. The van der Waals surface area contributed by atoms with Crippen LogP contribution in [0.25, 0.3) is 0 Å². The van der Waals surface area contributed by atoms with Crippen molar-refractivity contribution < 1.29 is 32.5 Å². The maximum atomic E-state index is 13.5. The first-order valence-corrected chi connectivity index (χ1v) is 8.78. The second kappa shape index (κ2) is 9.08. The molecule has 1 aromatic rings. The zero-order valence-corrected chi connectivity index (χ0v) is 14.3. The Kier molecular flexibility index (Phi) is 7.75.